The molecule has 0 radical (unpaired) electrons. The van der Waals surface area contributed by atoms with Crippen LogP contribution in [0.3, 0.4) is 0 Å². The Balaban J connectivity index is 2.37. The fourth-order valence-corrected chi connectivity index (χ4v) is 1.64. The van der Waals surface area contributed by atoms with Gasteiger partial charge in [-0.1, -0.05) is 37.3 Å². The number of ether oxygens (including phenoxy) is 1. The van der Waals surface area contributed by atoms with Gasteiger partial charge in [-0.15, -0.1) is 0 Å². The summed E-state index contributed by atoms with van der Waals surface area (Å²) in [7, 11) is 0. The van der Waals surface area contributed by atoms with E-state index in [4.69, 9.17) is 10.5 Å². The Hall–Kier alpha value is -1.39. The number of carbonyl (C=O) groups excluding carboxylic acids is 1. The molecule has 0 aromatic heterocycles. The number of nitrogens with one attached hydrogen (secondary N) is 1. The predicted molar refractivity (Wildman–Crippen MR) is 72.1 cm³/mol. The van der Waals surface area contributed by atoms with E-state index in [1.807, 2.05) is 37.3 Å². The second kappa shape index (κ2) is 8.66. The fourth-order valence-electron chi connectivity index (χ4n) is 1.64. The van der Waals surface area contributed by atoms with Crippen LogP contribution in [0.5, 0.6) is 0 Å². The SMILES string of the molecule is CCCOCCC(=O)NC(CN)c1ccccc1. The summed E-state index contributed by atoms with van der Waals surface area (Å²) in [6.07, 6.45) is 1.35. The van der Waals surface area contributed by atoms with Gasteiger partial charge in [0.15, 0.2) is 0 Å². The van der Waals surface area contributed by atoms with E-state index in [2.05, 4.69) is 5.32 Å². The van der Waals surface area contributed by atoms with Crippen molar-refractivity contribution < 1.29 is 9.53 Å². The molecule has 0 heterocycles. The maximum Gasteiger partial charge on any atom is 0.222 e. The van der Waals surface area contributed by atoms with Crippen LogP contribution >= 0.6 is 0 Å². The highest BCUT2D eigenvalue weighted by atomic mass is 16.5. The lowest BCUT2D eigenvalue weighted by Gasteiger charge is -2.17. The summed E-state index contributed by atoms with van der Waals surface area (Å²) in [5.74, 6) is -0.0228. The second-order valence-electron chi connectivity index (χ2n) is 4.13. The predicted octanol–water partition coefficient (Wildman–Crippen LogP) is 1.62. The summed E-state index contributed by atoms with van der Waals surface area (Å²) in [4.78, 5) is 11.7. The summed E-state index contributed by atoms with van der Waals surface area (Å²) in [6, 6.07) is 9.63. The standard InChI is InChI=1S/C14H22N2O2/c1-2-9-18-10-8-14(17)16-13(11-15)12-6-4-3-5-7-12/h3-7,13H,2,8-11,15H2,1H3,(H,16,17). The Morgan fingerprint density at radius 2 is 2.06 bits per heavy atom. The maximum atomic E-state index is 11.7. The summed E-state index contributed by atoms with van der Waals surface area (Å²) in [5, 5.41) is 2.92. The smallest absolute Gasteiger partial charge is 0.222 e. The van der Waals surface area contributed by atoms with Crippen LogP contribution < -0.4 is 11.1 Å². The van der Waals surface area contributed by atoms with Crippen molar-refractivity contribution >= 4 is 5.91 Å². The van der Waals surface area contributed by atoms with Crippen LogP contribution in [-0.2, 0) is 9.53 Å². The van der Waals surface area contributed by atoms with Gasteiger partial charge in [0.1, 0.15) is 0 Å². The number of hydrogen-bond donors (Lipinski definition) is 2. The van der Waals surface area contributed by atoms with Gasteiger partial charge in [-0.3, -0.25) is 4.79 Å². The number of nitrogens with two attached hydrogens (primary N) is 1. The Morgan fingerprint density at radius 3 is 2.67 bits per heavy atom. The van der Waals surface area contributed by atoms with Crippen LogP contribution in [0, 0.1) is 0 Å². The number of benzene rings is 1. The lowest BCUT2D eigenvalue weighted by molar-refractivity contribution is -0.122. The summed E-state index contributed by atoms with van der Waals surface area (Å²) in [6.45, 7) is 3.60. The molecule has 0 fully saturated rings. The minimum atomic E-state index is -0.120. The lowest BCUT2D eigenvalue weighted by Crippen LogP contribution is -2.33. The van der Waals surface area contributed by atoms with Gasteiger partial charge < -0.3 is 15.8 Å². The number of amides is 1. The van der Waals surface area contributed by atoms with E-state index in [-0.39, 0.29) is 11.9 Å². The molecule has 4 nitrogen and oxygen atoms in total. The maximum absolute atomic E-state index is 11.7. The van der Waals surface area contributed by atoms with Crippen LogP contribution in [0.1, 0.15) is 31.4 Å². The normalized spacial score (nSPS) is 12.1. The molecule has 4 heteroatoms. The van der Waals surface area contributed by atoms with Gasteiger partial charge in [0.2, 0.25) is 5.91 Å². The van der Waals surface area contributed by atoms with E-state index in [9.17, 15) is 4.79 Å². The Bertz CT molecular complexity index is 341. The van der Waals surface area contributed by atoms with E-state index in [0.717, 1.165) is 12.0 Å². The third-order valence-electron chi connectivity index (χ3n) is 2.59. The largest absolute Gasteiger partial charge is 0.381 e. The van der Waals surface area contributed by atoms with Crippen molar-refractivity contribution in [1.29, 1.82) is 0 Å². The van der Waals surface area contributed by atoms with Gasteiger partial charge in [-0.05, 0) is 12.0 Å². The van der Waals surface area contributed by atoms with Gasteiger partial charge in [-0.2, -0.15) is 0 Å². The number of carbonyl (C=O) groups is 1. The molecular weight excluding hydrogens is 228 g/mol. The number of rotatable bonds is 8. The molecule has 100 valence electrons. The molecular formula is C14H22N2O2. The van der Waals surface area contributed by atoms with Crippen molar-refractivity contribution in [3.63, 3.8) is 0 Å². The van der Waals surface area contributed by atoms with Gasteiger partial charge >= 0.3 is 0 Å². The highest BCUT2D eigenvalue weighted by Crippen LogP contribution is 2.10. The molecule has 0 spiro atoms. The van der Waals surface area contributed by atoms with Gasteiger partial charge in [0.05, 0.1) is 12.6 Å². The zero-order chi connectivity index (χ0) is 13.2. The molecule has 1 aromatic carbocycles. The van der Waals surface area contributed by atoms with Crippen molar-refractivity contribution in [2.45, 2.75) is 25.8 Å². The van der Waals surface area contributed by atoms with Crippen LogP contribution in [0.2, 0.25) is 0 Å². The molecule has 0 bridgehead atoms. The molecule has 1 rings (SSSR count). The molecule has 18 heavy (non-hydrogen) atoms. The Labute approximate surface area is 109 Å². The molecule has 1 amide bonds. The molecule has 0 aliphatic heterocycles. The first kappa shape index (κ1) is 14.7. The van der Waals surface area contributed by atoms with Crippen LogP contribution in [-0.4, -0.2) is 25.7 Å². The van der Waals surface area contributed by atoms with E-state index < -0.39 is 0 Å². The molecule has 3 N–H and O–H groups in total. The zero-order valence-corrected chi connectivity index (χ0v) is 10.9. The lowest BCUT2D eigenvalue weighted by atomic mass is 10.1. The topological polar surface area (TPSA) is 64.3 Å². The second-order valence-corrected chi connectivity index (χ2v) is 4.13. The van der Waals surface area contributed by atoms with Crippen LogP contribution in [0.4, 0.5) is 0 Å². The molecule has 1 atom stereocenters. The molecule has 0 saturated heterocycles. The van der Waals surface area contributed by atoms with Crippen molar-refractivity contribution in [2.75, 3.05) is 19.8 Å². The van der Waals surface area contributed by atoms with Crippen molar-refractivity contribution in [2.24, 2.45) is 5.73 Å². The minimum absolute atomic E-state index is 0.0228. The molecule has 0 saturated carbocycles. The van der Waals surface area contributed by atoms with Crippen molar-refractivity contribution in [1.82, 2.24) is 5.32 Å². The van der Waals surface area contributed by atoms with E-state index in [1.165, 1.54) is 0 Å². The third-order valence-corrected chi connectivity index (χ3v) is 2.59. The zero-order valence-electron chi connectivity index (χ0n) is 10.9. The highest BCUT2D eigenvalue weighted by Gasteiger charge is 2.12. The first-order chi connectivity index (χ1) is 8.77. The molecule has 0 aliphatic carbocycles. The molecule has 1 unspecified atom stereocenters. The van der Waals surface area contributed by atoms with E-state index >= 15 is 0 Å². The van der Waals surface area contributed by atoms with Gasteiger partial charge in [0, 0.05) is 19.6 Å². The quantitative estimate of drug-likeness (QED) is 0.689. The van der Waals surface area contributed by atoms with E-state index in [1.54, 1.807) is 0 Å². The van der Waals surface area contributed by atoms with Crippen molar-refractivity contribution in [3.8, 4) is 0 Å². The molecule has 0 aliphatic rings. The average Bonchev–Trinajstić information content (AvgIpc) is 2.42. The Morgan fingerprint density at radius 1 is 1.33 bits per heavy atom. The Kier molecular flexibility index (Phi) is 7.06. The summed E-state index contributed by atoms with van der Waals surface area (Å²) < 4.78 is 5.28. The summed E-state index contributed by atoms with van der Waals surface area (Å²) in [5.41, 5.74) is 6.71. The first-order valence-electron chi connectivity index (χ1n) is 6.40. The monoisotopic (exact) mass is 250 g/mol. The molecule has 1 aromatic rings. The minimum Gasteiger partial charge on any atom is -0.381 e. The number of hydrogen-bond acceptors (Lipinski definition) is 3. The van der Waals surface area contributed by atoms with E-state index in [0.29, 0.717) is 26.2 Å². The highest BCUT2D eigenvalue weighted by molar-refractivity contribution is 5.76. The third kappa shape index (κ3) is 5.29. The average molecular weight is 250 g/mol. The van der Waals surface area contributed by atoms with Crippen molar-refractivity contribution in [3.05, 3.63) is 35.9 Å². The summed E-state index contributed by atoms with van der Waals surface area (Å²) >= 11 is 0. The van der Waals surface area contributed by atoms with Gasteiger partial charge in [-0.25, -0.2) is 0 Å². The van der Waals surface area contributed by atoms with Crippen LogP contribution in [0.25, 0.3) is 0 Å². The fraction of sp³-hybridized carbons (Fsp3) is 0.500. The first-order valence-corrected chi connectivity index (χ1v) is 6.40. The van der Waals surface area contributed by atoms with Crippen LogP contribution in [0.15, 0.2) is 30.3 Å². The van der Waals surface area contributed by atoms with Gasteiger partial charge in [0.25, 0.3) is 0 Å².